The molecule has 0 spiro atoms. The van der Waals surface area contributed by atoms with Gasteiger partial charge in [-0.2, -0.15) is 4.31 Å². The first-order valence-corrected chi connectivity index (χ1v) is 11.6. The number of allylic oxidation sites excluding steroid dienone is 1. The first-order valence-electron chi connectivity index (χ1n) is 10.2. The summed E-state index contributed by atoms with van der Waals surface area (Å²) in [5, 5.41) is 14.1. The number of carbonyl (C=O) groups excluding carboxylic acids is 1. The van der Waals surface area contributed by atoms with Gasteiger partial charge in [0, 0.05) is 25.7 Å². The van der Waals surface area contributed by atoms with Crippen molar-refractivity contribution >= 4 is 21.6 Å². The van der Waals surface area contributed by atoms with Crippen molar-refractivity contribution < 1.29 is 22.9 Å². The molecule has 0 saturated carbocycles. The average molecular weight is 440 g/mol. The third kappa shape index (κ3) is 6.27. The molecule has 0 saturated heterocycles. The number of benzene rings is 1. The van der Waals surface area contributed by atoms with E-state index in [0.29, 0.717) is 6.54 Å². The standard InChI is InChI=1S/C20H29N3O6S/c1-3-22(4-2)30(27,28)17-10-11-19(18(14-17)23(25)26)29-15-20(24)21-13-12-16-8-6-5-7-9-16/h8,10-11,14H,3-7,9,12-13,15H2,1-2H3,(H,21,24). The second-order valence-electron chi connectivity index (χ2n) is 6.97. The minimum atomic E-state index is -3.84. The molecule has 10 heteroatoms. The van der Waals surface area contributed by atoms with Crippen molar-refractivity contribution in [2.75, 3.05) is 26.2 Å². The minimum Gasteiger partial charge on any atom is -0.477 e. The number of ether oxygens (including phenoxy) is 1. The lowest BCUT2D eigenvalue weighted by Gasteiger charge is -2.18. The van der Waals surface area contributed by atoms with Crippen molar-refractivity contribution in [3.05, 3.63) is 40.0 Å². The van der Waals surface area contributed by atoms with Gasteiger partial charge in [-0.25, -0.2) is 8.42 Å². The van der Waals surface area contributed by atoms with E-state index in [4.69, 9.17) is 4.74 Å². The fraction of sp³-hybridized carbons (Fsp3) is 0.550. The largest absolute Gasteiger partial charge is 0.477 e. The van der Waals surface area contributed by atoms with Gasteiger partial charge < -0.3 is 10.1 Å². The highest BCUT2D eigenvalue weighted by atomic mass is 32.2. The van der Waals surface area contributed by atoms with E-state index in [1.54, 1.807) is 13.8 Å². The summed E-state index contributed by atoms with van der Waals surface area (Å²) < 4.78 is 31.7. The number of hydrogen-bond acceptors (Lipinski definition) is 6. The number of hydrogen-bond donors (Lipinski definition) is 1. The lowest BCUT2D eigenvalue weighted by Crippen LogP contribution is -2.31. The smallest absolute Gasteiger partial charge is 0.312 e. The molecule has 30 heavy (non-hydrogen) atoms. The van der Waals surface area contributed by atoms with Gasteiger partial charge in [-0.3, -0.25) is 14.9 Å². The molecule has 2 rings (SSSR count). The highest BCUT2D eigenvalue weighted by molar-refractivity contribution is 7.89. The van der Waals surface area contributed by atoms with Crippen molar-refractivity contribution in [3.8, 4) is 5.75 Å². The van der Waals surface area contributed by atoms with Crippen molar-refractivity contribution in [3.63, 3.8) is 0 Å². The van der Waals surface area contributed by atoms with Crippen molar-refractivity contribution in [2.24, 2.45) is 0 Å². The molecule has 0 aliphatic heterocycles. The van der Waals surface area contributed by atoms with Crippen LogP contribution in [0.5, 0.6) is 5.75 Å². The molecule has 0 bridgehead atoms. The topological polar surface area (TPSA) is 119 Å². The molecule has 166 valence electrons. The Bertz CT molecular complexity index is 894. The number of carbonyl (C=O) groups is 1. The summed E-state index contributed by atoms with van der Waals surface area (Å²) in [6, 6.07) is 3.44. The van der Waals surface area contributed by atoms with Crippen molar-refractivity contribution in [1.29, 1.82) is 0 Å². The monoisotopic (exact) mass is 439 g/mol. The summed E-state index contributed by atoms with van der Waals surface area (Å²) in [4.78, 5) is 22.5. The summed E-state index contributed by atoms with van der Waals surface area (Å²) in [6.07, 6.45) is 7.51. The van der Waals surface area contributed by atoms with Gasteiger partial charge in [0.05, 0.1) is 9.82 Å². The maximum Gasteiger partial charge on any atom is 0.312 e. The Balaban J connectivity index is 2.00. The van der Waals surface area contributed by atoms with Crippen LogP contribution in [0, 0.1) is 10.1 Å². The van der Waals surface area contributed by atoms with E-state index in [1.807, 2.05) is 0 Å². The molecule has 1 aromatic carbocycles. The van der Waals surface area contributed by atoms with Gasteiger partial charge >= 0.3 is 5.69 Å². The molecular weight excluding hydrogens is 410 g/mol. The van der Waals surface area contributed by atoms with Crippen LogP contribution in [0.1, 0.15) is 46.0 Å². The van der Waals surface area contributed by atoms with E-state index in [0.717, 1.165) is 25.3 Å². The Morgan fingerprint density at radius 1 is 1.27 bits per heavy atom. The molecule has 1 aromatic rings. The second kappa shape index (κ2) is 11.1. The first-order chi connectivity index (χ1) is 14.3. The zero-order valence-electron chi connectivity index (χ0n) is 17.4. The Hall–Kier alpha value is -2.46. The molecule has 1 N–H and O–H groups in total. The fourth-order valence-corrected chi connectivity index (χ4v) is 4.80. The summed E-state index contributed by atoms with van der Waals surface area (Å²) in [5.74, 6) is -0.538. The predicted molar refractivity (Wildman–Crippen MR) is 113 cm³/mol. The van der Waals surface area contributed by atoms with Crippen LogP contribution in [-0.2, 0) is 14.8 Å². The highest BCUT2D eigenvalue weighted by Crippen LogP contribution is 2.31. The van der Waals surface area contributed by atoms with E-state index < -0.39 is 20.6 Å². The molecule has 1 aliphatic carbocycles. The highest BCUT2D eigenvalue weighted by Gasteiger charge is 2.26. The number of nitrogens with one attached hydrogen (secondary N) is 1. The maximum atomic E-state index is 12.6. The van der Waals surface area contributed by atoms with E-state index in [-0.39, 0.29) is 36.2 Å². The van der Waals surface area contributed by atoms with E-state index >= 15 is 0 Å². The zero-order valence-corrected chi connectivity index (χ0v) is 18.2. The molecule has 9 nitrogen and oxygen atoms in total. The van der Waals surface area contributed by atoms with Gasteiger partial charge in [0.15, 0.2) is 12.4 Å². The number of nitro benzene ring substituents is 1. The van der Waals surface area contributed by atoms with Crippen molar-refractivity contribution in [2.45, 2.75) is 50.8 Å². The third-order valence-electron chi connectivity index (χ3n) is 4.98. The number of nitrogens with zero attached hydrogens (tertiary/aromatic N) is 2. The van der Waals surface area contributed by atoms with Crippen LogP contribution in [0.2, 0.25) is 0 Å². The van der Waals surface area contributed by atoms with E-state index in [9.17, 15) is 23.3 Å². The van der Waals surface area contributed by atoms with Gasteiger partial charge in [-0.1, -0.05) is 25.5 Å². The Morgan fingerprint density at radius 3 is 2.60 bits per heavy atom. The van der Waals surface area contributed by atoms with Crippen LogP contribution < -0.4 is 10.1 Å². The molecule has 0 atom stereocenters. The Labute approximate surface area is 177 Å². The zero-order chi connectivity index (χ0) is 22.1. The molecule has 0 unspecified atom stereocenters. The normalized spacial score (nSPS) is 14.3. The predicted octanol–water partition coefficient (Wildman–Crippen LogP) is 3.01. The number of nitro groups is 1. The van der Waals surface area contributed by atoms with Crippen LogP contribution in [0.3, 0.4) is 0 Å². The molecule has 0 heterocycles. The van der Waals surface area contributed by atoms with Gasteiger partial charge in [-0.05, 0) is 44.2 Å². The van der Waals surface area contributed by atoms with Crippen LogP contribution >= 0.6 is 0 Å². The number of sulfonamides is 1. The Morgan fingerprint density at radius 2 is 2.00 bits per heavy atom. The van der Waals surface area contributed by atoms with Crippen LogP contribution in [0.4, 0.5) is 5.69 Å². The molecule has 0 radical (unpaired) electrons. The van der Waals surface area contributed by atoms with Crippen molar-refractivity contribution in [1.82, 2.24) is 9.62 Å². The molecule has 0 fully saturated rings. The van der Waals surface area contributed by atoms with Gasteiger partial charge in [0.2, 0.25) is 10.0 Å². The lowest BCUT2D eigenvalue weighted by molar-refractivity contribution is -0.386. The summed E-state index contributed by atoms with van der Waals surface area (Å²) >= 11 is 0. The minimum absolute atomic E-state index is 0.149. The number of rotatable bonds is 11. The molecule has 1 amide bonds. The van der Waals surface area contributed by atoms with E-state index in [1.165, 1.54) is 34.9 Å². The summed E-state index contributed by atoms with van der Waals surface area (Å²) in [7, 11) is -3.84. The first kappa shape index (κ1) is 23.8. The molecular formula is C20H29N3O6S. The van der Waals surface area contributed by atoms with Gasteiger partial charge in [-0.15, -0.1) is 0 Å². The van der Waals surface area contributed by atoms with Gasteiger partial charge in [0.25, 0.3) is 5.91 Å². The van der Waals surface area contributed by atoms with E-state index in [2.05, 4.69) is 11.4 Å². The third-order valence-corrected chi connectivity index (χ3v) is 7.03. The van der Waals surface area contributed by atoms with Gasteiger partial charge in [0.1, 0.15) is 0 Å². The quantitative estimate of drug-likeness (QED) is 0.322. The summed E-state index contributed by atoms with van der Waals surface area (Å²) in [5.41, 5.74) is 0.839. The molecule has 0 aromatic heterocycles. The lowest BCUT2D eigenvalue weighted by atomic mass is 9.97. The average Bonchev–Trinajstić information content (AvgIpc) is 2.73. The summed E-state index contributed by atoms with van der Waals surface area (Å²) in [6.45, 7) is 3.98. The van der Waals surface area contributed by atoms with Crippen LogP contribution in [-0.4, -0.2) is 49.8 Å². The fourth-order valence-electron chi connectivity index (χ4n) is 3.32. The molecule has 1 aliphatic rings. The SMILES string of the molecule is CCN(CC)S(=O)(=O)c1ccc(OCC(=O)NCCC2=CCCCC2)c([N+](=O)[O-])c1. The van der Waals surface area contributed by atoms with Crippen LogP contribution in [0.15, 0.2) is 34.7 Å². The number of amides is 1. The van der Waals surface area contributed by atoms with Crippen LogP contribution in [0.25, 0.3) is 0 Å². The Kier molecular flexibility index (Phi) is 8.79. The maximum absolute atomic E-state index is 12.6. The second-order valence-corrected chi connectivity index (χ2v) is 8.91.